The lowest BCUT2D eigenvalue weighted by molar-refractivity contribution is 0.252. The van der Waals surface area contributed by atoms with Gasteiger partial charge < -0.3 is 4.90 Å². The molecule has 0 bridgehead atoms. The van der Waals surface area contributed by atoms with Crippen LogP contribution in [0.2, 0.25) is 0 Å². The molecule has 1 atom stereocenters. The Morgan fingerprint density at radius 1 is 1.50 bits per heavy atom. The van der Waals surface area contributed by atoms with E-state index in [-0.39, 0.29) is 0 Å². The van der Waals surface area contributed by atoms with Crippen molar-refractivity contribution in [3.05, 3.63) is 22.4 Å². The smallest absolute Gasteiger partial charge is 0.0621 e. The number of nitriles is 1. The van der Waals surface area contributed by atoms with Gasteiger partial charge in [0.15, 0.2) is 0 Å². The van der Waals surface area contributed by atoms with Gasteiger partial charge >= 0.3 is 0 Å². The first-order valence-corrected chi connectivity index (χ1v) is 6.71. The van der Waals surface area contributed by atoms with Crippen molar-refractivity contribution in [2.24, 2.45) is 0 Å². The van der Waals surface area contributed by atoms with E-state index in [1.54, 1.807) is 0 Å². The molecule has 0 saturated heterocycles. The minimum absolute atomic E-state index is 0.584. The van der Waals surface area contributed by atoms with E-state index < -0.39 is 0 Å². The second kappa shape index (κ2) is 7.43. The molecule has 0 spiro atoms. The molecule has 16 heavy (non-hydrogen) atoms. The quantitative estimate of drug-likeness (QED) is 0.679. The van der Waals surface area contributed by atoms with E-state index in [9.17, 15) is 0 Å². The van der Waals surface area contributed by atoms with Crippen LogP contribution in [0.15, 0.2) is 17.5 Å². The molecule has 0 fully saturated rings. The highest BCUT2D eigenvalue weighted by Crippen LogP contribution is 2.13. The average molecular weight is 236 g/mol. The van der Waals surface area contributed by atoms with E-state index in [1.165, 1.54) is 4.88 Å². The molecule has 3 heteroatoms. The number of unbranched alkanes of at least 4 members (excludes halogenated alkanes) is 2. The molecule has 0 aromatic carbocycles. The highest BCUT2D eigenvalue weighted by Gasteiger charge is 2.09. The van der Waals surface area contributed by atoms with Crippen LogP contribution >= 0.6 is 11.3 Å². The molecule has 1 unspecified atom stereocenters. The number of nitrogens with zero attached hydrogens (tertiary/aromatic N) is 2. The lowest BCUT2D eigenvalue weighted by Gasteiger charge is -2.24. The van der Waals surface area contributed by atoms with Crippen LogP contribution < -0.4 is 0 Å². The normalized spacial score (nSPS) is 12.6. The fraction of sp³-hybridized carbons (Fsp3) is 0.615. The summed E-state index contributed by atoms with van der Waals surface area (Å²) >= 11 is 1.83. The lowest BCUT2D eigenvalue weighted by atomic mass is 10.1. The first kappa shape index (κ1) is 13.2. The predicted octanol–water partition coefficient (Wildman–Crippen LogP) is 3.30. The van der Waals surface area contributed by atoms with Gasteiger partial charge in [0, 0.05) is 17.3 Å². The highest BCUT2D eigenvalue weighted by atomic mass is 32.1. The summed E-state index contributed by atoms with van der Waals surface area (Å²) in [5, 5.41) is 10.6. The molecule has 1 aromatic rings. The van der Waals surface area contributed by atoms with Crippen molar-refractivity contribution < 1.29 is 0 Å². The van der Waals surface area contributed by atoms with E-state index in [1.807, 2.05) is 11.3 Å². The van der Waals surface area contributed by atoms with Crippen molar-refractivity contribution in [3.8, 4) is 6.07 Å². The molecule has 1 rings (SSSR count). The summed E-state index contributed by atoms with van der Waals surface area (Å²) in [5.74, 6) is 0. The minimum atomic E-state index is 0.584. The maximum Gasteiger partial charge on any atom is 0.0621 e. The molecular weight excluding hydrogens is 216 g/mol. The van der Waals surface area contributed by atoms with Crippen LogP contribution in [0, 0.1) is 11.3 Å². The van der Waals surface area contributed by atoms with Gasteiger partial charge in [-0.3, -0.25) is 0 Å². The van der Waals surface area contributed by atoms with Gasteiger partial charge in [-0.05, 0) is 51.2 Å². The van der Waals surface area contributed by atoms with Crippen molar-refractivity contribution in [2.45, 2.75) is 38.6 Å². The third kappa shape index (κ3) is 4.78. The van der Waals surface area contributed by atoms with Crippen LogP contribution in [0.25, 0.3) is 0 Å². The molecule has 0 aliphatic rings. The molecule has 1 aromatic heterocycles. The average Bonchev–Trinajstić information content (AvgIpc) is 2.76. The van der Waals surface area contributed by atoms with E-state index in [2.05, 4.69) is 42.5 Å². The van der Waals surface area contributed by atoms with Crippen molar-refractivity contribution in [1.82, 2.24) is 4.90 Å². The van der Waals surface area contributed by atoms with Gasteiger partial charge in [0.1, 0.15) is 0 Å². The van der Waals surface area contributed by atoms with Crippen LogP contribution in [0.4, 0.5) is 0 Å². The Labute approximate surface area is 103 Å². The second-order valence-electron chi connectivity index (χ2n) is 4.23. The molecule has 0 radical (unpaired) electrons. The van der Waals surface area contributed by atoms with Gasteiger partial charge in [0.05, 0.1) is 6.07 Å². The predicted molar refractivity (Wildman–Crippen MR) is 69.6 cm³/mol. The largest absolute Gasteiger partial charge is 0.303 e. The SMILES string of the molecule is CC(Cc1cccs1)N(C)CCCCC#N. The Bertz CT molecular complexity index is 313. The van der Waals surface area contributed by atoms with Crippen LogP contribution in [0.3, 0.4) is 0 Å². The summed E-state index contributed by atoms with van der Waals surface area (Å²) in [5.41, 5.74) is 0. The molecule has 1 heterocycles. The third-order valence-corrected chi connectivity index (χ3v) is 3.78. The number of rotatable bonds is 7. The Hall–Kier alpha value is -0.850. The summed E-state index contributed by atoms with van der Waals surface area (Å²) in [6.45, 7) is 3.36. The van der Waals surface area contributed by atoms with Crippen molar-refractivity contribution in [3.63, 3.8) is 0 Å². The molecule has 0 N–H and O–H groups in total. The van der Waals surface area contributed by atoms with Gasteiger partial charge in [0.25, 0.3) is 0 Å². The Balaban J connectivity index is 2.20. The minimum Gasteiger partial charge on any atom is -0.303 e. The Morgan fingerprint density at radius 3 is 2.94 bits per heavy atom. The zero-order valence-corrected chi connectivity index (χ0v) is 11.0. The van der Waals surface area contributed by atoms with E-state index in [0.29, 0.717) is 12.5 Å². The third-order valence-electron chi connectivity index (χ3n) is 2.88. The molecule has 88 valence electrons. The highest BCUT2D eigenvalue weighted by molar-refractivity contribution is 7.09. The van der Waals surface area contributed by atoms with Gasteiger partial charge in [-0.15, -0.1) is 11.3 Å². The van der Waals surface area contributed by atoms with Gasteiger partial charge in [-0.25, -0.2) is 0 Å². The van der Waals surface area contributed by atoms with Crippen LogP contribution in [0.5, 0.6) is 0 Å². The number of hydrogen-bond donors (Lipinski definition) is 0. The lowest BCUT2D eigenvalue weighted by Crippen LogP contribution is -2.31. The summed E-state index contributed by atoms with van der Waals surface area (Å²) in [6, 6.07) is 7.08. The van der Waals surface area contributed by atoms with Crippen molar-refractivity contribution in [1.29, 1.82) is 5.26 Å². The summed E-state index contributed by atoms with van der Waals surface area (Å²) < 4.78 is 0. The Kier molecular flexibility index (Phi) is 6.14. The number of thiophene rings is 1. The molecule has 0 aliphatic carbocycles. The van der Waals surface area contributed by atoms with Crippen LogP contribution in [0.1, 0.15) is 31.1 Å². The van der Waals surface area contributed by atoms with Crippen molar-refractivity contribution in [2.75, 3.05) is 13.6 Å². The summed E-state index contributed by atoms with van der Waals surface area (Å²) in [4.78, 5) is 3.84. The first-order chi connectivity index (χ1) is 7.74. The first-order valence-electron chi connectivity index (χ1n) is 5.83. The number of likely N-dealkylation sites (N-methyl/N-ethyl adjacent to an activating group) is 1. The molecule has 0 saturated carbocycles. The zero-order valence-electron chi connectivity index (χ0n) is 10.1. The van der Waals surface area contributed by atoms with E-state index in [4.69, 9.17) is 5.26 Å². The van der Waals surface area contributed by atoms with Gasteiger partial charge in [-0.2, -0.15) is 5.26 Å². The Morgan fingerprint density at radius 2 is 2.31 bits per heavy atom. The standard InChI is InChI=1S/C13H20N2S/c1-12(11-13-7-6-10-16-13)15(2)9-5-3-4-8-14/h6-7,10,12H,3-5,9,11H2,1-2H3. The van der Waals surface area contributed by atoms with Crippen LogP contribution in [-0.2, 0) is 6.42 Å². The monoisotopic (exact) mass is 236 g/mol. The fourth-order valence-electron chi connectivity index (χ4n) is 1.66. The molecular formula is C13H20N2S. The molecule has 2 nitrogen and oxygen atoms in total. The van der Waals surface area contributed by atoms with Crippen molar-refractivity contribution >= 4 is 11.3 Å². The summed E-state index contributed by atoms with van der Waals surface area (Å²) in [7, 11) is 2.17. The maximum atomic E-state index is 8.45. The van der Waals surface area contributed by atoms with Gasteiger partial charge in [0.2, 0.25) is 0 Å². The van der Waals surface area contributed by atoms with Gasteiger partial charge in [-0.1, -0.05) is 6.07 Å². The van der Waals surface area contributed by atoms with E-state index >= 15 is 0 Å². The fourth-order valence-corrected chi connectivity index (χ4v) is 2.49. The maximum absolute atomic E-state index is 8.45. The van der Waals surface area contributed by atoms with E-state index in [0.717, 1.165) is 25.8 Å². The second-order valence-corrected chi connectivity index (χ2v) is 5.26. The molecule has 0 aliphatic heterocycles. The topological polar surface area (TPSA) is 27.0 Å². The zero-order chi connectivity index (χ0) is 11.8. The van der Waals surface area contributed by atoms with Crippen LogP contribution in [-0.4, -0.2) is 24.5 Å². The molecule has 0 amide bonds. The summed E-state index contributed by atoms with van der Waals surface area (Å²) in [6.07, 6.45) is 3.96. The number of hydrogen-bond acceptors (Lipinski definition) is 3.